The molecule has 0 radical (unpaired) electrons. The molecule has 1 aromatic heterocycles. The lowest BCUT2D eigenvalue weighted by Crippen LogP contribution is -2.07. The van der Waals surface area contributed by atoms with Crippen LogP contribution in [0.2, 0.25) is 0 Å². The van der Waals surface area contributed by atoms with E-state index < -0.39 is 0 Å². The lowest BCUT2D eigenvalue weighted by atomic mass is 10.1. The minimum atomic E-state index is 0.0849. The van der Waals surface area contributed by atoms with Gasteiger partial charge in [0.1, 0.15) is 5.75 Å². The van der Waals surface area contributed by atoms with E-state index in [4.69, 9.17) is 10.5 Å². The normalized spacial score (nSPS) is 10.7. The molecule has 0 amide bonds. The van der Waals surface area contributed by atoms with Crippen molar-refractivity contribution < 1.29 is 9.53 Å². The van der Waals surface area contributed by atoms with E-state index >= 15 is 0 Å². The first-order chi connectivity index (χ1) is 8.63. The van der Waals surface area contributed by atoms with Crippen LogP contribution >= 0.6 is 0 Å². The van der Waals surface area contributed by atoms with Gasteiger partial charge in [0.05, 0.1) is 12.3 Å². The molecule has 1 heterocycles. The summed E-state index contributed by atoms with van der Waals surface area (Å²) < 4.78 is 5.52. The van der Waals surface area contributed by atoms with Crippen LogP contribution in [0.15, 0.2) is 18.5 Å². The Morgan fingerprint density at radius 1 is 1.33 bits per heavy atom. The Balaban J connectivity index is 2.51. The molecular weight excluding hydrogens is 228 g/mol. The number of rotatable bonds is 8. The van der Waals surface area contributed by atoms with Crippen molar-refractivity contribution in [2.45, 2.75) is 45.6 Å². The number of ether oxygens (including phenoxy) is 1. The molecule has 0 aliphatic heterocycles. The highest BCUT2D eigenvalue weighted by Crippen LogP contribution is 2.15. The van der Waals surface area contributed by atoms with Crippen molar-refractivity contribution in [3.05, 3.63) is 24.0 Å². The van der Waals surface area contributed by atoms with Gasteiger partial charge in [0.2, 0.25) is 0 Å². The van der Waals surface area contributed by atoms with Crippen molar-refractivity contribution >= 4 is 5.78 Å². The third-order valence-electron chi connectivity index (χ3n) is 2.51. The van der Waals surface area contributed by atoms with E-state index in [1.54, 1.807) is 18.5 Å². The topological polar surface area (TPSA) is 65.2 Å². The van der Waals surface area contributed by atoms with E-state index in [0.29, 0.717) is 24.3 Å². The van der Waals surface area contributed by atoms with Gasteiger partial charge in [0.25, 0.3) is 0 Å². The van der Waals surface area contributed by atoms with Gasteiger partial charge in [-0.05, 0) is 39.3 Å². The van der Waals surface area contributed by atoms with Crippen molar-refractivity contribution in [2.24, 2.45) is 5.73 Å². The predicted molar refractivity (Wildman–Crippen MR) is 71.9 cm³/mol. The van der Waals surface area contributed by atoms with Crippen LogP contribution in [0.4, 0.5) is 0 Å². The number of nitrogens with two attached hydrogens (primary N) is 1. The van der Waals surface area contributed by atoms with E-state index in [-0.39, 0.29) is 11.9 Å². The zero-order valence-corrected chi connectivity index (χ0v) is 11.2. The highest BCUT2D eigenvalue weighted by atomic mass is 16.5. The lowest BCUT2D eigenvalue weighted by molar-refractivity contribution is 0.0978. The maximum absolute atomic E-state index is 11.9. The summed E-state index contributed by atoms with van der Waals surface area (Å²) in [5.41, 5.74) is 6.04. The minimum Gasteiger partial charge on any atom is -0.489 e. The smallest absolute Gasteiger partial charge is 0.164 e. The average molecular weight is 250 g/mol. The molecule has 4 heteroatoms. The molecule has 4 nitrogen and oxygen atoms in total. The Hall–Kier alpha value is -1.42. The second-order valence-corrected chi connectivity index (χ2v) is 4.60. The lowest BCUT2D eigenvalue weighted by Gasteiger charge is -2.09. The molecule has 18 heavy (non-hydrogen) atoms. The third kappa shape index (κ3) is 5.27. The van der Waals surface area contributed by atoms with Crippen LogP contribution in [0, 0.1) is 0 Å². The summed E-state index contributed by atoms with van der Waals surface area (Å²) in [6, 6.07) is 1.76. The van der Waals surface area contributed by atoms with Gasteiger partial charge in [0, 0.05) is 18.2 Å². The average Bonchev–Trinajstić information content (AvgIpc) is 2.34. The van der Waals surface area contributed by atoms with Crippen molar-refractivity contribution in [3.8, 4) is 5.75 Å². The number of hydrogen-bond acceptors (Lipinski definition) is 4. The molecular formula is C14H22N2O2. The Bertz CT molecular complexity index is 378. The van der Waals surface area contributed by atoms with Gasteiger partial charge in [-0.25, -0.2) is 0 Å². The number of ketones is 1. The highest BCUT2D eigenvalue weighted by molar-refractivity contribution is 5.96. The van der Waals surface area contributed by atoms with Crippen LogP contribution in [0.1, 0.15) is 49.9 Å². The molecule has 0 unspecified atom stereocenters. The molecule has 2 N–H and O–H groups in total. The molecule has 1 rings (SSSR count). The predicted octanol–water partition coefficient (Wildman–Crippen LogP) is 2.57. The Kier molecular flexibility index (Phi) is 6.36. The van der Waals surface area contributed by atoms with Gasteiger partial charge in [-0.3, -0.25) is 9.78 Å². The monoisotopic (exact) mass is 250 g/mol. The van der Waals surface area contributed by atoms with Crippen LogP contribution in [-0.4, -0.2) is 23.4 Å². The van der Waals surface area contributed by atoms with E-state index in [9.17, 15) is 4.79 Å². The van der Waals surface area contributed by atoms with Crippen LogP contribution in [0.5, 0.6) is 5.75 Å². The summed E-state index contributed by atoms with van der Waals surface area (Å²) in [6.07, 6.45) is 6.71. The van der Waals surface area contributed by atoms with Crippen LogP contribution in [0.3, 0.4) is 0 Å². The number of carbonyl (C=O) groups excluding carboxylic acids is 1. The fourth-order valence-corrected chi connectivity index (χ4v) is 1.66. The first kappa shape index (κ1) is 14.6. The Morgan fingerprint density at radius 3 is 2.78 bits per heavy atom. The van der Waals surface area contributed by atoms with Crippen molar-refractivity contribution in [2.75, 3.05) is 6.54 Å². The summed E-state index contributed by atoms with van der Waals surface area (Å²) in [6.45, 7) is 4.58. The Morgan fingerprint density at radius 2 is 2.11 bits per heavy atom. The number of unbranched alkanes of at least 4 members (excludes halogenated alkanes) is 2. The molecule has 100 valence electrons. The van der Waals surface area contributed by atoms with Gasteiger partial charge in [0.15, 0.2) is 5.78 Å². The first-order valence-electron chi connectivity index (χ1n) is 6.48. The SMILES string of the molecule is CC(C)Oc1cncc(C(=O)CCCCCN)c1. The van der Waals surface area contributed by atoms with Crippen molar-refractivity contribution in [1.29, 1.82) is 0 Å². The number of hydrogen-bond donors (Lipinski definition) is 1. The molecule has 0 fully saturated rings. The summed E-state index contributed by atoms with van der Waals surface area (Å²) in [5, 5.41) is 0. The zero-order valence-electron chi connectivity index (χ0n) is 11.2. The van der Waals surface area contributed by atoms with Gasteiger partial charge in [-0.15, -0.1) is 0 Å². The second kappa shape index (κ2) is 7.82. The number of Topliss-reactive ketones (excluding diaryl/α,β-unsaturated/α-hetero) is 1. The van der Waals surface area contributed by atoms with Gasteiger partial charge >= 0.3 is 0 Å². The number of carbonyl (C=O) groups is 1. The van der Waals surface area contributed by atoms with E-state index in [1.165, 1.54) is 0 Å². The molecule has 1 aromatic rings. The summed E-state index contributed by atoms with van der Waals surface area (Å²) in [7, 11) is 0. The summed E-state index contributed by atoms with van der Waals surface area (Å²) in [4.78, 5) is 16.0. The molecule has 0 bridgehead atoms. The quantitative estimate of drug-likeness (QED) is 0.569. The van der Waals surface area contributed by atoms with Crippen LogP contribution in [0.25, 0.3) is 0 Å². The van der Waals surface area contributed by atoms with Crippen molar-refractivity contribution in [3.63, 3.8) is 0 Å². The standard InChI is InChI=1S/C14H22N2O2/c1-11(2)18-13-8-12(9-16-10-13)14(17)6-4-3-5-7-15/h8-11H,3-7,15H2,1-2H3. The first-order valence-corrected chi connectivity index (χ1v) is 6.48. The Labute approximate surface area is 109 Å². The zero-order chi connectivity index (χ0) is 13.4. The molecule has 0 saturated carbocycles. The second-order valence-electron chi connectivity index (χ2n) is 4.60. The van der Waals surface area contributed by atoms with E-state index in [1.807, 2.05) is 13.8 Å². The van der Waals surface area contributed by atoms with E-state index in [2.05, 4.69) is 4.98 Å². The van der Waals surface area contributed by atoms with Crippen molar-refractivity contribution in [1.82, 2.24) is 4.98 Å². The largest absolute Gasteiger partial charge is 0.489 e. The maximum atomic E-state index is 11.9. The number of pyridine rings is 1. The third-order valence-corrected chi connectivity index (χ3v) is 2.51. The summed E-state index contributed by atoms with van der Waals surface area (Å²) in [5.74, 6) is 0.770. The van der Waals surface area contributed by atoms with E-state index in [0.717, 1.165) is 19.3 Å². The fraction of sp³-hybridized carbons (Fsp3) is 0.571. The molecule has 0 aliphatic carbocycles. The van der Waals surface area contributed by atoms with Crippen LogP contribution < -0.4 is 10.5 Å². The van der Waals surface area contributed by atoms with Gasteiger partial charge < -0.3 is 10.5 Å². The van der Waals surface area contributed by atoms with Crippen LogP contribution in [-0.2, 0) is 0 Å². The highest BCUT2D eigenvalue weighted by Gasteiger charge is 2.08. The number of nitrogens with zero attached hydrogens (tertiary/aromatic N) is 1. The molecule has 0 saturated heterocycles. The molecule has 0 atom stereocenters. The molecule has 0 aromatic carbocycles. The molecule has 0 aliphatic rings. The fourth-order valence-electron chi connectivity index (χ4n) is 1.66. The minimum absolute atomic E-state index is 0.0849. The number of aromatic nitrogens is 1. The van der Waals surface area contributed by atoms with Gasteiger partial charge in [-0.1, -0.05) is 6.42 Å². The van der Waals surface area contributed by atoms with Gasteiger partial charge in [-0.2, -0.15) is 0 Å². The maximum Gasteiger partial charge on any atom is 0.164 e. The summed E-state index contributed by atoms with van der Waals surface area (Å²) >= 11 is 0. The molecule has 0 spiro atoms.